The Hall–Kier alpha value is -2.69. The van der Waals surface area contributed by atoms with Crippen LogP contribution in [0.25, 0.3) is 16.6 Å². The fraction of sp³-hybridized carbons (Fsp3) is 0.538. The second-order valence-corrected chi connectivity index (χ2v) is 11.4. The van der Waals surface area contributed by atoms with Crippen molar-refractivity contribution in [3.05, 3.63) is 35.5 Å². The SMILES string of the molecule is CCOC(=O)CNS(=O)(=O)c1ccc2c(c1)c1c3n2C(C(=O)OCC)=C[C@]2(CC)CCCN(CC1)[C@H]32. The van der Waals surface area contributed by atoms with Crippen molar-refractivity contribution in [2.24, 2.45) is 5.41 Å². The Labute approximate surface area is 211 Å². The van der Waals surface area contributed by atoms with E-state index in [1.165, 1.54) is 6.07 Å². The van der Waals surface area contributed by atoms with E-state index < -0.39 is 22.5 Å². The van der Waals surface area contributed by atoms with Crippen molar-refractivity contribution >= 4 is 38.6 Å². The minimum Gasteiger partial charge on any atom is -0.465 e. The summed E-state index contributed by atoms with van der Waals surface area (Å²) < 4.78 is 40.7. The smallest absolute Gasteiger partial charge is 0.354 e. The number of sulfonamides is 1. The van der Waals surface area contributed by atoms with Crippen molar-refractivity contribution in [3.63, 3.8) is 0 Å². The molecule has 1 fully saturated rings. The summed E-state index contributed by atoms with van der Waals surface area (Å²) in [6.45, 7) is 7.56. The standard InChI is InChI=1S/C26H33N3O6S/c1-4-26-11-7-12-28-13-10-18-19-14-17(36(32,33)27-16-22(30)34-5-2)8-9-20(19)29(23(18)24(26)28)21(15-26)25(31)35-6-3/h8-9,14-15,24,27H,4-7,10-13,16H2,1-3H3/t24-,26+/m1/s1. The van der Waals surface area contributed by atoms with E-state index in [0.717, 1.165) is 60.9 Å². The summed E-state index contributed by atoms with van der Waals surface area (Å²) in [4.78, 5) is 27.5. The molecule has 0 spiro atoms. The van der Waals surface area contributed by atoms with E-state index in [1.54, 1.807) is 26.0 Å². The Bertz CT molecular complexity index is 1360. The van der Waals surface area contributed by atoms with Gasteiger partial charge in [0.2, 0.25) is 10.0 Å². The van der Waals surface area contributed by atoms with Crippen molar-refractivity contribution in [2.75, 3.05) is 32.8 Å². The first-order valence-electron chi connectivity index (χ1n) is 12.7. The summed E-state index contributed by atoms with van der Waals surface area (Å²) in [6, 6.07) is 5.07. The molecule has 36 heavy (non-hydrogen) atoms. The van der Waals surface area contributed by atoms with Crippen LogP contribution in [0.5, 0.6) is 0 Å². The molecule has 3 aliphatic heterocycles. The molecule has 9 nitrogen and oxygen atoms in total. The van der Waals surface area contributed by atoms with E-state index in [-0.39, 0.29) is 35.5 Å². The van der Waals surface area contributed by atoms with Gasteiger partial charge in [0.25, 0.3) is 0 Å². The van der Waals surface area contributed by atoms with Crippen molar-refractivity contribution < 1.29 is 27.5 Å². The first-order valence-corrected chi connectivity index (χ1v) is 14.2. The first kappa shape index (κ1) is 25.0. The molecule has 2 atom stereocenters. The predicted molar refractivity (Wildman–Crippen MR) is 135 cm³/mol. The zero-order valence-electron chi connectivity index (χ0n) is 21.0. The van der Waals surface area contributed by atoms with Crippen molar-refractivity contribution in [3.8, 4) is 0 Å². The number of carbonyl (C=O) groups excluding carboxylic acids is 2. The second-order valence-electron chi connectivity index (χ2n) is 9.64. The molecule has 1 saturated heterocycles. The summed E-state index contributed by atoms with van der Waals surface area (Å²) >= 11 is 0. The van der Waals surface area contributed by atoms with Gasteiger partial charge in [-0.15, -0.1) is 0 Å². The third-order valence-electron chi connectivity index (χ3n) is 7.82. The molecule has 1 aromatic heterocycles. The maximum atomic E-state index is 13.2. The van der Waals surface area contributed by atoms with E-state index in [0.29, 0.717) is 5.70 Å². The van der Waals surface area contributed by atoms with Crippen LogP contribution < -0.4 is 4.72 Å². The number of benzene rings is 1. The zero-order chi connectivity index (χ0) is 25.7. The normalized spacial score (nSPS) is 23.2. The number of ether oxygens (including phenoxy) is 2. The molecule has 0 saturated carbocycles. The number of piperidine rings is 1. The van der Waals surface area contributed by atoms with Gasteiger partial charge in [-0.2, -0.15) is 4.72 Å². The highest BCUT2D eigenvalue weighted by atomic mass is 32.2. The minimum absolute atomic E-state index is 0.0768. The number of hydrogen-bond donors (Lipinski definition) is 1. The zero-order valence-corrected chi connectivity index (χ0v) is 21.8. The van der Waals surface area contributed by atoms with E-state index in [9.17, 15) is 18.0 Å². The van der Waals surface area contributed by atoms with Gasteiger partial charge in [-0.3, -0.25) is 9.69 Å². The van der Waals surface area contributed by atoms with Crippen LogP contribution in [-0.2, 0) is 35.5 Å². The lowest BCUT2D eigenvalue weighted by molar-refractivity contribution is -0.141. The van der Waals surface area contributed by atoms with Crippen LogP contribution in [0, 0.1) is 5.41 Å². The molecular weight excluding hydrogens is 482 g/mol. The lowest BCUT2D eigenvalue weighted by atomic mass is 9.66. The topological polar surface area (TPSA) is 107 Å². The molecule has 0 aliphatic carbocycles. The van der Waals surface area contributed by atoms with Crippen LogP contribution in [0.1, 0.15) is 57.3 Å². The molecule has 5 rings (SSSR count). The number of carbonyl (C=O) groups is 2. The van der Waals surface area contributed by atoms with Gasteiger partial charge in [0.15, 0.2) is 0 Å². The monoisotopic (exact) mass is 515 g/mol. The van der Waals surface area contributed by atoms with Crippen LogP contribution in [-0.4, -0.2) is 62.7 Å². The molecule has 194 valence electrons. The van der Waals surface area contributed by atoms with Crippen molar-refractivity contribution in [2.45, 2.75) is 57.4 Å². The Morgan fingerprint density at radius 3 is 2.64 bits per heavy atom. The van der Waals surface area contributed by atoms with Gasteiger partial charge in [-0.1, -0.05) is 6.92 Å². The lowest BCUT2D eigenvalue weighted by Crippen LogP contribution is -2.51. The maximum absolute atomic E-state index is 13.2. The third kappa shape index (κ3) is 3.86. The number of hydrogen-bond acceptors (Lipinski definition) is 7. The van der Waals surface area contributed by atoms with Crippen molar-refractivity contribution in [1.29, 1.82) is 0 Å². The molecule has 0 amide bonds. The highest BCUT2D eigenvalue weighted by Crippen LogP contribution is 2.57. The number of nitrogens with zero attached hydrogens (tertiary/aromatic N) is 2. The molecule has 10 heteroatoms. The number of rotatable bonds is 8. The summed E-state index contributed by atoms with van der Waals surface area (Å²) in [5.41, 5.74) is 3.30. The van der Waals surface area contributed by atoms with Gasteiger partial charge in [-0.05, 0) is 75.9 Å². The molecule has 0 radical (unpaired) electrons. The van der Waals surface area contributed by atoms with E-state index in [1.807, 2.05) is 4.57 Å². The van der Waals surface area contributed by atoms with Crippen molar-refractivity contribution in [1.82, 2.24) is 14.2 Å². The molecule has 4 heterocycles. The predicted octanol–water partition coefficient (Wildman–Crippen LogP) is 2.99. The summed E-state index contributed by atoms with van der Waals surface area (Å²) in [5, 5.41) is 0.816. The number of aromatic nitrogens is 1. The summed E-state index contributed by atoms with van der Waals surface area (Å²) in [6.07, 6.45) is 5.85. The highest BCUT2D eigenvalue weighted by Gasteiger charge is 2.51. The molecule has 3 aliphatic rings. The number of nitrogens with one attached hydrogen (secondary N) is 1. The number of fused-ring (bicyclic) bond motifs is 3. The minimum atomic E-state index is -3.93. The van der Waals surface area contributed by atoms with Gasteiger partial charge in [0.1, 0.15) is 12.2 Å². The van der Waals surface area contributed by atoms with Gasteiger partial charge >= 0.3 is 11.9 Å². The van der Waals surface area contributed by atoms with Crippen LogP contribution in [0.4, 0.5) is 0 Å². The van der Waals surface area contributed by atoms with E-state index in [4.69, 9.17) is 9.47 Å². The molecule has 0 unspecified atom stereocenters. The largest absolute Gasteiger partial charge is 0.465 e. The van der Waals surface area contributed by atoms with E-state index in [2.05, 4.69) is 22.6 Å². The average Bonchev–Trinajstić information content (AvgIpc) is 3.21. The Morgan fingerprint density at radius 1 is 1.14 bits per heavy atom. The fourth-order valence-electron chi connectivity index (χ4n) is 6.28. The van der Waals surface area contributed by atoms with Gasteiger partial charge in [0.05, 0.1) is 29.7 Å². The van der Waals surface area contributed by atoms with Crippen LogP contribution in [0.3, 0.4) is 0 Å². The third-order valence-corrected chi connectivity index (χ3v) is 9.22. The Morgan fingerprint density at radius 2 is 1.92 bits per heavy atom. The van der Waals surface area contributed by atoms with Gasteiger partial charge in [0, 0.05) is 23.0 Å². The highest BCUT2D eigenvalue weighted by molar-refractivity contribution is 7.89. The van der Waals surface area contributed by atoms with Crippen LogP contribution in [0.15, 0.2) is 29.2 Å². The fourth-order valence-corrected chi connectivity index (χ4v) is 7.27. The molecule has 1 N–H and O–H groups in total. The van der Waals surface area contributed by atoms with Gasteiger partial charge in [-0.25, -0.2) is 13.2 Å². The summed E-state index contributed by atoms with van der Waals surface area (Å²) in [7, 11) is -3.93. The molecular formula is C26H33N3O6S. The number of esters is 2. The quantitative estimate of drug-likeness (QED) is 0.539. The lowest BCUT2D eigenvalue weighted by Gasteiger charge is -2.53. The Kier molecular flexibility index (Phi) is 6.46. The van der Waals surface area contributed by atoms with E-state index >= 15 is 0 Å². The van der Waals surface area contributed by atoms with Gasteiger partial charge < -0.3 is 14.0 Å². The molecule has 1 aromatic carbocycles. The van der Waals surface area contributed by atoms with Crippen LogP contribution in [0.2, 0.25) is 0 Å². The molecule has 0 bridgehead atoms. The first-order chi connectivity index (χ1) is 17.3. The second kappa shape index (κ2) is 9.32. The maximum Gasteiger partial charge on any atom is 0.354 e. The van der Waals surface area contributed by atoms with Crippen LogP contribution >= 0.6 is 0 Å². The Balaban J connectivity index is 1.66. The summed E-state index contributed by atoms with van der Waals surface area (Å²) in [5.74, 6) is -0.993. The molecule has 2 aromatic rings. The average molecular weight is 516 g/mol.